The van der Waals surface area contributed by atoms with Crippen molar-refractivity contribution in [1.29, 1.82) is 0 Å². The second-order valence-electron chi connectivity index (χ2n) is 10.7. The van der Waals surface area contributed by atoms with Crippen LogP contribution in [0.5, 0.6) is 0 Å². The molecule has 2 heterocycles. The molecule has 5 rings (SSSR count). The monoisotopic (exact) mass is 634 g/mol. The molecule has 3 aromatic carbocycles. The van der Waals surface area contributed by atoms with Crippen molar-refractivity contribution in [2.24, 2.45) is 0 Å². The topological polar surface area (TPSA) is 160 Å². The number of amides is 3. The van der Waals surface area contributed by atoms with Crippen LogP contribution in [-0.2, 0) is 33.9 Å². The van der Waals surface area contributed by atoms with Crippen LogP contribution in [0.2, 0.25) is 0 Å². The van der Waals surface area contributed by atoms with Gasteiger partial charge in [0.05, 0.1) is 17.9 Å². The standard InChI is InChI=1S/C32H34N4O8S/c1-2-43-32-27(17-29(38)44-32)34-28(37)20-36-19-21(18-33-45(41,42)23-11-4-3-5-12-23)15-16-26(31(36)40)35-30(39)25-14-8-10-22-9-6-7-13-24(22)25/h3-15,26-27,32-33H,2,16-20H2,1H3,(H,34,37)(H,35,39). The number of benzene rings is 3. The summed E-state index contributed by atoms with van der Waals surface area (Å²) in [5.41, 5.74) is 0.922. The number of nitrogens with zero attached hydrogens (tertiary/aromatic N) is 1. The maximum atomic E-state index is 13.8. The van der Waals surface area contributed by atoms with Gasteiger partial charge >= 0.3 is 5.97 Å². The van der Waals surface area contributed by atoms with Crippen molar-refractivity contribution in [2.45, 2.75) is 43.0 Å². The van der Waals surface area contributed by atoms with E-state index in [4.69, 9.17) is 9.47 Å². The van der Waals surface area contributed by atoms with Gasteiger partial charge in [-0.2, -0.15) is 0 Å². The van der Waals surface area contributed by atoms with E-state index in [-0.39, 0.29) is 37.4 Å². The number of carbonyl (C=O) groups excluding carboxylic acids is 4. The van der Waals surface area contributed by atoms with E-state index < -0.39 is 58.6 Å². The molecule has 0 bridgehead atoms. The number of nitrogens with one attached hydrogen (secondary N) is 3. The van der Waals surface area contributed by atoms with Gasteiger partial charge in [-0.1, -0.05) is 60.7 Å². The Morgan fingerprint density at radius 2 is 1.71 bits per heavy atom. The Morgan fingerprint density at radius 3 is 2.49 bits per heavy atom. The average Bonchev–Trinajstić information content (AvgIpc) is 3.31. The van der Waals surface area contributed by atoms with Crippen LogP contribution in [0.1, 0.15) is 30.1 Å². The Kier molecular flexibility index (Phi) is 9.91. The Labute approximate surface area is 260 Å². The average molecular weight is 635 g/mol. The molecule has 3 unspecified atom stereocenters. The molecule has 0 spiro atoms. The third kappa shape index (κ3) is 7.74. The van der Waals surface area contributed by atoms with Gasteiger partial charge in [-0.3, -0.25) is 19.2 Å². The van der Waals surface area contributed by atoms with Crippen LogP contribution in [0.4, 0.5) is 0 Å². The molecule has 1 saturated heterocycles. The lowest BCUT2D eigenvalue weighted by Gasteiger charge is -2.27. The van der Waals surface area contributed by atoms with Gasteiger partial charge in [0.2, 0.25) is 28.1 Å². The van der Waals surface area contributed by atoms with Crippen LogP contribution in [0, 0.1) is 0 Å². The molecule has 2 aliphatic rings. The third-order valence-electron chi connectivity index (χ3n) is 7.50. The van der Waals surface area contributed by atoms with Crippen molar-refractivity contribution in [3.05, 3.63) is 90.0 Å². The Hall–Kier alpha value is -4.59. The number of cyclic esters (lactones) is 1. The number of hydrogen-bond donors (Lipinski definition) is 3. The number of ether oxygens (including phenoxy) is 2. The summed E-state index contributed by atoms with van der Waals surface area (Å²) >= 11 is 0. The fraction of sp³-hybridized carbons (Fsp3) is 0.312. The van der Waals surface area contributed by atoms with Gasteiger partial charge in [-0.15, -0.1) is 0 Å². The van der Waals surface area contributed by atoms with Gasteiger partial charge in [0, 0.05) is 25.3 Å². The predicted octanol–water partition coefficient (Wildman–Crippen LogP) is 1.87. The number of carbonyl (C=O) groups is 4. The second kappa shape index (κ2) is 14.0. The quantitative estimate of drug-likeness (QED) is 0.213. The van der Waals surface area contributed by atoms with Gasteiger partial charge < -0.3 is 25.0 Å². The van der Waals surface area contributed by atoms with Gasteiger partial charge in [-0.05, 0) is 47.9 Å². The molecule has 13 heteroatoms. The SMILES string of the molecule is CCOC1OC(=O)CC1NC(=O)CN1CC(CNS(=O)(=O)c2ccccc2)=CCC(NC(=O)c2cccc3ccccc23)C1=O. The fourth-order valence-corrected chi connectivity index (χ4v) is 6.36. The summed E-state index contributed by atoms with van der Waals surface area (Å²) in [6.07, 6.45) is 0.751. The van der Waals surface area contributed by atoms with Gasteiger partial charge in [-0.25, -0.2) is 13.1 Å². The highest BCUT2D eigenvalue weighted by atomic mass is 32.2. The zero-order chi connectivity index (χ0) is 32.0. The lowest BCUT2D eigenvalue weighted by atomic mass is 10.0. The smallest absolute Gasteiger partial charge is 0.310 e. The lowest BCUT2D eigenvalue weighted by molar-refractivity contribution is -0.164. The zero-order valence-corrected chi connectivity index (χ0v) is 25.4. The van der Waals surface area contributed by atoms with Crippen molar-refractivity contribution in [2.75, 3.05) is 26.2 Å². The molecule has 45 heavy (non-hydrogen) atoms. The van der Waals surface area contributed by atoms with Gasteiger partial charge in [0.25, 0.3) is 5.91 Å². The van der Waals surface area contributed by atoms with Crippen molar-refractivity contribution in [3.63, 3.8) is 0 Å². The summed E-state index contributed by atoms with van der Waals surface area (Å²) in [7, 11) is -3.85. The van der Waals surface area contributed by atoms with E-state index in [0.717, 1.165) is 10.8 Å². The molecule has 0 saturated carbocycles. The van der Waals surface area contributed by atoms with Crippen LogP contribution in [0.15, 0.2) is 89.3 Å². The fourth-order valence-electron chi connectivity index (χ4n) is 5.30. The summed E-state index contributed by atoms with van der Waals surface area (Å²) in [4.78, 5) is 53.5. The first kappa shape index (κ1) is 31.8. The molecule has 236 valence electrons. The van der Waals surface area contributed by atoms with E-state index in [0.29, 0.717) is 11.1 Å². The Morgan fingerprint density at radius 1 is 0.978 bits per heavy atom. The van der Waals surface area contributed by atoms with E-state index in [1.807, 2.05) is 30.3 Å². The van der Waals surface area contributed by atoms with E-state index >= 15 is 0 Å². The number of fused-ring (bicyclic) bond motifs is 1. The zero-order valence-electron chi connectivity index (χ0n) is 24.6. The van der Waals surface area contributed by atoms with Crippen LogP contribution in [-0.4, -0.2) is 81.6 Å². The van der Waals surface area contributed by atoms with Crippen LogP contribution >= 0.6 is 0 Å². The Balaban J connectivity index is 1.35. The van der Waals surface area contributed by atoms with Crippen LogP contribution in [0.3, 0.4) is 0 Å². The van der Waals surface area contributed by atoms with Gasteiger partial charge in [0.15, 0.2) is 0 Å². The number of esters is 1. The number of sulfonamides is 1. The molecular weight excluding hydrogens is 600 g/mol. The molecular formula is C32H34N4O8S. The molecule has 0 aromatic heterocycles. The minimum atomic E-state index is -3.85. The first-order valence-corrected chi connectivity index (χ1v) is 16.0. The predicted molar refractivity (Wildman–Crippen MR) is 164 cm³/mol. The first-order valence-electron chi connectivity index (χ1n) is 14.5. The molecule has 0 aliphatic carbocycles. The van der Waals surface area contributed by atoms with Crippen molar-refractivity contribution < 1.29 is 37.1 Å². The number of rotatable bonds is 11. The van der Waals surface area contributed by atoms with Crippen molar-refractivity contribution in [1.82, 2.24) is 20.3 Å². The summed E-state index contributed by atoms with van der Waals surface area (Å²) in [5, 5.41) is 7.10. The molecule has 2 aliphatic heterocycles. The van der Waals surface area contributed by atoms with Gasteiger partial charge in [0.1, 0.15) is 12.1 Å². The number of hydrogen-bond acceptors (Lipinski definition) is 8. The minimum absolute atomic E-state index is 0.0703. The molecule has 3 N–H and O–H groups in total. The Bertz CT molecular complexity index is 1720. The summed E-state index contributed by atoms with van der Waals surface area (Å²) < 4.78 is 38.8. The van der Waals surface area contributed by atoms with Crippen molar-refractivity contribution in [3.8, 4) is 0 Å². The molecule has 3 atom stereocenters. The second-order valence-corrected chi connectivity index (χ2v) is 12.4. The van der Waals surface area contributed by atoms with Crippen molar-refractivity contribution >= 4 is 44.5 Å². The molecule has 3 amide bonds. The highest BCUT2D eigenvalue weighted by molar-refractivity contribution is 7.89. The summed E-state index contributed by atoms with van der Waals surface area (Å²) in [6, 6.07) is 18.8. The largest absolute Gasteiger partial charge is 0.433 e. The van der Waals surface area contributed by atoms with E-state index in [1.165, 1.54) is 17.0 Å². The summed E-state index contributed by atoms with van der Waals surface area (Å²) in [6.45, 7) is 1.39. The van der Waals surface area contributed by atoms with E-state index in [9.17, 15) is 27.6 Å². The molecule has 12 nitrogen and oxygen atoms in total. The first-order chi connectivity index (χ1) is 21.6. The lowest BCUT2D eigenvalue weighted by Crippen LogP contribution is -2.52. The maximum absolute atomic E-state index is 13.8. The molecule has 0 radical (unpaired) electrons. The highest BCUT2D eigenvalue weighted by Gasteiger charge is 2.37. The maximum Gasteiger partial charge on any atom is 0.310 e. The third-order valence-corrected chi connectivity index (χ3v) is 8.92. The van der Waals surface area contributed by atoms with Crippen LogP contribution in [0.25, 0.3) is 10.8 Å². The minimum Gasteiger partial charge on any atom is -0.433 e. The van der Waals surface area contributed by atoms with E-state index in [2.05, 4.69) is 15.4 Å². The molecule has 1 fully saturated rings. The van der Waals surface area contributed by atoms with E-state index in [1.54, 1.807) is 43.3 Å². The summed E-state index contributed by atoms with van der Waals surface area (Å²) in [5.74, 6) is -2.06. The highest BCUT2D eigenvalue weighted by Crippen LogP contribution is 2.21. The van der Waals surface area contributed by atoms with Crippen LogP contribution < -0.4 is 15.4 Å². The molecule has 3 aromatic rings. The normalized spacial score (nSPS) is 20.3.